The lowest BCUT2D eigenvalue weighted by atomic mass is 10.2. The van der Waals surface area contributed by atoms with E-state index < -0.39 is 5.97 Å². The summed E-state index contributed by atoms with van der Waals surface area (Å²) < 4.78 is 23.2. The third-order valence-electron chi connectivity index (χ3n) is 3.33. The molecular weight excluding hydrogens is 329 g/mol. The first-order chi connectivity index (χ1) is 11.7. The number of benzene rings is 2. The minimum Gasteiger partial charge on any atom is -0.497 e. The van der Waals surface area contributed by atoms with Crippen molar-refractivity contribution in [3.63, 3.8) is 0 Å². The van der Waals surface area contributed by atoms with Crippen LogP contribution in [0.25, 0.3) is 10.6 Å². The fourth-order valence-electron chi connectivity index (χ4n) is 2.04. The molecule has 3 aromatic rings. The van der Waals surface area contributed by atoms with Crippen molar-refractivity contribution in [1.82, 2.24) is 4.98 Å². The number of hydrogen-bond acceptors (Lipinski definition) is 5. The molecule has 0 amide bonds. The number of nitrogens with zero attached hydrogens (tertiary/aromatic N) is 1. The second-order valence-electron chi connectivity index (χ2n) is 4.97. The second-order valence-corrected chi connectivity index (χ2v) is 5.83. The fourth-order valence-corrected chi connectivity index (χ4v) is 2.83. The van der Waals surface area contributed by atoms with Crippen molar-refractivity contribution in [2.45, 2.75) is 6.61 Å². The number of thiazole rings is 1. The number of carbonyl (C=O) groups excluding carboxylic acids is 1. The molecule has 3 rings (SSSR count). The smallest absolute Gasteiger partial charge is 0.358 e. The molecule has 0 fully saturated rings. The number of methoxy groups -OCH3 is 1. The van der Waals surface area contributed by atoms with Gasteiger partial charge in [0.2, 0.25) is 0 Å². The van der Waals surface area contributed by atoms with Crippen LogP contribution in [0.4, 0.5) is 4.39 Å². The van der Waals surface area contributed by atoms with Crippen LogP contribution in [-0.4, -0.2) is 18.1 Å². The third-order valence-corrected chi connectivity index (χ3v) is 4.22. The number of esters is 1. The first-order valence-electron chi connectivity index (χ1n) is 7.17. The van der Waals surface area contributed by atoms with Crippen LogP contribution in [-0.2, 0) is 11.3 Å². The number of carbonyl (C=O) groups is 1. The Kier molecular flexibility index (Phi) is 4.86. The van der Waals surface area contributed by atoms with E-state index in [1.807, 2.05) is 24.3 Å². The van der Waals surface area contributed by atoms with Gasteiger partial charge in [0, 0.05) is 10.9 Å². The van der Waals surface area contributed by atoms with Gasteiger partial charge in [-0.1, -0.05) is 12.1 Å². The lowest BCUT2D eigenvalue weighted by Crippen LogP contribution is -2.05. The molecular formula is C18H14FNO3S. The molecule has 4 nitrogen and oxygen atoms in total. The molecule has 2 aromatic carbocycles. The number of aromatic nitrogens is 1. The summed E-state index contributed by atoms with van der Waals surface area (Å²) in [6, 6.07) is 13.2. The molecule has 1 aromatic heterocycles. The zero-order chi connectivity index (χ0) is 16.9. The molecule has 0 saturated heterocycles. The van der Waals surface area contributed by atoms with Gasteiger partial charge in [0.15, 0.2) is 5.69 Å². The Bertz CT molecular complexity index is 828. The van der Waals surface area contributed by atoms with Crippen LogP contribution >= 0.6 is 11.3 Å². The van der Waals surface area contributed by atoms with E-state index in [0.717, 1.165) is 21.9 Å². The highest BCUT2D eigenvalue weighted by atomic mass is 32.1. The van der Waals surface area contributed by atoms with Crippen molar-refractivity contribution in [3.05, 3.63) is 71.0 Å². The van der Waals surface area contributed by atoms with Crippen LogP contribution in [0.3, 0.4) is 0 Å². The Morgan fingerprint density at radius 2 is 1.83 bits per heavy atom. The SMILES string of the molecule is COc1ccc(-c2nc(C(=O)OCc3ccc(F)cc3)cs2)cc1. The van der Waals surface area contributed by atoms with Crippen molar-refractivity contribution in [1.29, 1.82) is 0 Å². The van der Waals surface area contributed by atoms with E-state index in [0.29, 0.717) is 0 Å². The zero-order valence-electron chi connectivity index (χ0n) is 12.9. The lowest BCUT2D eigenvalue weighted by molar-refractivity contribution is 0.0467. The summed E-state index contributed by atoms with van der Waals surface area (Å²) in [6.45, 7) is 0.0779. The predicted molar refractivity (Wildman–Crippen MR) is 89.6 cm³/mol. The van der Waals surface area contributed by atoms with Crippen molar-refractivity contribution in [3.8, 4) is 16.3 Å². The van der Waals surface area contributed by atoms with E-state index in [9.17, 15) is 9.18 Å². The topological polar surface area (TPSA) is 48.4 Å². The highest BCUT2D eigenvalue weighted by Crippen LogP contribution is 2.26. The molecule has 122 valence electrons. The second kappa shape index (κ2) is 7.23. The number of halogens is 1. The Morgan fingerprint density at radius 3 is 2.50 bits per heavy atom. The molecule has 0 aliphatic carbocycles. The summed E-state index contributed by atoms with van der Waals surface area (Å²) in [7, 11) is 1.60. The summed E-state index contributed by atoms with van der Waals surface area (Å²) in [4.78, 5) is 16.4. The standard InChI is InChI=1S/C18H14FNO3S/c1-22-15-8-4-13(5-9-15)17-20-16(11-24-17)18(21)23-10-12-2-6-14(19)7-3-12/h2-9,11H,10H2,1H3. The van der Waals surface area contributed by atoms with Gasteiger partial charge in [-0.3, -0.25) is 0 Å². The highest BCUT2D eigenvalue weighted by Gasteiger charge is 2.13. The van der Waals surface area contributed by atoms with Gasteiger partial charge >= 0.3 is 5.97 Å². The van der Waals surface area contributed by atoms with E-state index in [1.165, 1.54) is 23.5 Å². The molecule has 1 heterocycles. The quantitative estimate of drug-likeness (QED) is 0.648. The summed E-state index contributed by atoms with van der Waals surface area (Å²) in [5.41, 5.74) is 1.88. The minimum atomic E-state index is -0.504. The van der Waals surface area contributed by atoms with Crippen LogP contribution in [0, 0.1) is 5.82 Å². The molecule has 6 heteroatoms. The maximum Gasteiger partial charge on any atom is 0.358 e. The summed E-state index contributed by atoms with van der Waals surface area (Å²) >= 11 is 1.37. The fraction of sp³-hybridized carbons (Fsp3) is 0.111. The Balaban J connectivity index is 1.65. The van der Waals surface area contributed by atoms with Gasteiger partial charge in [-0.2, -0.15) is 0 Å². The number of ether oxygens (including phenoxy) is 2. The first kappa shape index (κ1) is 16.1. The molecule has 24 heavy (non-hydrogen) atoms. The van der Waals surface area contributed by atoms with Gasteiger partial charge in [0.1, 0.15) is 23.2 Å². The van der Waals surface area contributed by atoms with E-state index in [1.54, 1.807) is 24.6 Å². The summed E-state index contributed by atoms with van der Waals surface area (Å²) in [6.07, 6.45) is 0. The maximum absolute atomic E-state index is 12.8. The Hall–Kier alpha value is -2.73. The van der Waals surface area contributed by atoms with Crippen LogP contribution in [0.5, 0.6) is 5.75 Å². The monoisotopic (exact) mass is 343 g/mol. The molecule has 0 aliphatic rings. The Morgan fingerprint density at radius 1 is 1.12 bits per heavy atom. The average molecular weight is 343 g/mol. The summed E-state index contributed by atoms with van der Waals surface area (Å²) in [5.74, 6) is -0.0710. The van der Waals surface area contributed by atoms with E-state index in [-0.39, 0.29) is 18.1 Å². The predicted octanol–water partition coefficient (Wildman–Crippen LogP) is 4.31. The number of rotatable bonds is 5. The van der Waals surface area contributed by atoms with E-state index in [2.05, 4.69) is 4.98 Å². The number of hydrogen-bond donors (Lipinski definition) is 0. The molecule has 0 aliphatic heterocycles. The minimum absolute atomic E-state index is 0.0779. The van der Waals surface area contributed by atoms with Crippen molar-refractivity contribution in [2.24, 2.45) is 0 Å². The van der Waals surface area contributed by atoms with Gasteiger partial charge in [0.25, 0.3) is 0 Å². The van der Waals surface area contributed by atoms with Gasteiger partial charge < -0.3 is 9.47 Å². The van der Waals surface area contributed by atoms with Gasteiger partial charge in [-0.15, -0.1) is 11.3 Å². The molecule has 0 saturated carbocycles. The largest absolute Gasteiger partial charge is 0.497 e. The van der Waals surface area contributed by atoms with Gasteiger partial charge in [0.05, 0.1) is 7.11 Å². The lowest BCUT2D eigenvalue weighted by Gasteiger charge is -2.03. The van der Waals surface area contributed by atoms with Crippen molar-refractivity contribution >= 4 is 17.3 Å². The molecule has 0 spiro atoms. The van der Waals surface area contributed by atoms with Crippen LogP contribution in [0.1, 0.15) is 16.1 Å². The van der Waals surface area contributed by atoms with E-state index >= 15 is 0 Å². The van der Waals surface area contributed by atoms with Crippen molar-refractivity contribution in [2.75, 3.05) is 7.11 Å². The highest BCUT2D eigenvalue weighted by molar-refractivity contribution is 7.13. The molecule has 0 bridgehead atoms. The van der Waals surface area contributed by atoms with E-state index in [4.69, 9.17) is 9.47 Å². The van der Waals surface area contributed by atoms with Crippen LogP contribution in [0.2, 0.25) is 0 Å². The Labute approximate surface area is 142 Å². The molecule has 0 radical (unpaired) electrons. The molecule has 0 unspecified atom stereocenters. The normalized spacial score (nSPS) is 10.4. The zero-order valence-corrected chi connectivity index (χ0v) is 13.7. The summed E-state index contributed by atoms with van der Waals surface area (Å²) in [5, 5.41) is 2.39. The van der Waals surface area contributed by atoms with Crippen LogP contribution in [0.15, 0.2) is 53.9 Å². The van der Waals surface area contributed by atoms with Gasteiger partial charge in [-0.05, 0) is 42.0 Å². The molecule has 0 atom stereocenters. The first-order valence-corrected chi connectivity index (χ1v) is 8.05. The average Bonchev–Trinajstić information content (AvgIpc) is 3.11. The third kappa shape index (κ3) is 3.78. The van der Waals surface area contributed by atoms with Crippen LogP contribution < -0.4 is 4.74 Å². The van der Waals surface area contributed by atoms with Gasteiger partial charge in [-0.25, -0.2) is 14.2 Å². The molecule has 0 N–H and O–H groups in total. The maximum atomic E-state index is 12.8. The van der Waals surface area contributed by atoms with Crippen molar-refractivity contribution < 1.29 is 18.7 Å².